The zero-order chi connectivity index (χ0) is 21.6. The van der Waals surface area contributed by atoms with Crippen LogP contribution in [-0.4, -0.2) is 54.3 Å². The molecule has 0 atom stereocenters. The van der Waals surface area contributed by atoms with Crippen LogP contribution in [-0.2, 0) is 22.5 Å². The number of carbonyl (C=O) groups is 1. The van der Waals surface area contributed by atoms with Gasteiger partial charge in [0.05, 0.1) is 13.2 Å². The third kappa shape index (κ3) is 5.62. The Morgan fingerprint density at radius 1 is 1.10 bits per heavy atom. The molecule has 162 valence electrons. The van der Waals surface area contributed by atoms with Gasteiger partial charge in [-0.05, 0) is 42.0 Å². The molecule has 1 aliphatic rings. The lowest BCUT2D eigenvalue weighted by Crippen LogP contribution is -2.36. The predicted octanol–water partition coefficient (Wildman–Crippen LogP) is 3.82. The molecule has 1 fully saturated rings. The van der Waals surface area contributed by atoms with Gasteiger partial charge in [-0.2, -0.15) is 4.98 Å². The van der Waals surface area contributed by atoms with E-state index in [0.29, 0.717) is 36.1 Å². The highest BCUT2D eigenvalue weighted by molar-refractivity contribution is 6.30. The lowest BCUT2D eigenvalue weighted by atomic mass is 10.1. The molecule has 1 aromatic heterocycles. The minimum Gasteiger partial charge on any atom is -0.378 e. The highest BCUT2D eigenvalue weighted by Gasteiger charge is 2.15. The van der Waals surface area contributed by atoms with Crippen LogP contribution in [0.2, 0.25) is 5.02 Å². The molecule has 7 nitrogen and oxygen atoms in total. The van der Waals surface area contributed by atoms with E-state index >= 15 is 0 Å². The second-order valence-corrected chi connectivity index (χ2v) is 7.97. The number of aromatic nitrogens is 2. The van der Waals surface area contributed by atoms with E-state index in [9.17, 15) is 4.79 Å². The number of aryl methyl sites for hydroxylation is 1. The van der Waals surface area contributed by atoms with Crippen molar-refractivity contribution >= 4 is 23.2 Å². The van der Waals surface area contributed by atoms with Crippen LogP contribution >= 0.6 is 11.6 Å². The predicted molar refractivity (Wildman–Crippen MR) is 119 cm³/mol. The molecule has 0 saturated carbocycles. The molecule has 1 amide bonds. The highest BCUT2D eigenvalue weighted by atomic mass is 35.5. The summed E-state index contributed by atoms with van der Waals surface area (Å²) in [5, 5.41) is 4.64. The van der Waals surface area contributed by atoms with Crippen molar-refractivity contribution in [2.75, 3.05) is 38.3 Å². The van der Waals surface area contributed by atoms with E-state index in [1.54, 1.807) is 17.0 Å². The number of amides is 1. The van der Waals surface area contributed by atoms with Gasteiger partial charge in [0.1, 0.15) is 0 Å². The Hall–Kier alpha value is -2.90. The van der Waals surface area contributed by atoms with Crippen LogP contribution in [0.25, 0.3) is 11.4 Å². The van der Waals surface area contributed by atoms with Crippen LogP contribution in [0.15, 0.2) is 53.1 Å². The van der Waals surface area contributed by atoms with Crippen LogP contribution in [0.4, 0.5) is 5.69 Å². The van der Waals surface area contributed by atoms with Gasteiger partial charge in [-0.1, -0.05) is 28.9 Å². The molecule has 0 unspecified atom stereocenters. The van der Waals surface area contributed by atoms with Gasteiger partial charge in [0.15, 0.2) is 0 Å². The second kappa shape index (κ2) is 9.94. The number of hydrogen-bond acceptors (Lipinski definition) is 6. The van der Waals surface area contributed by atoms with Crippen LogP contribution < -0.4 is 4.90 Å². The van der Waals surface area contributed by atoms with Gasteiger partial charge in [-0.15, -0.1) is 0 Å². The molecule has 0 radical (unpaired) electrons. The van der Waals surface area contributed by atoms with E-state index in [4.69, 9.17) is 20.9 Å². The van der Waals surface area contributed by atoms with Crippen molar-refractivity contribution in [1.82, 2.24) is 15.0 Å². The van der Waals surface area contributed by atoms with Crippen molar-refractivity contribution in [3.63, 3.8) is 0 Å². The summed E-state index contributed by atoms with van der Waals surface area (Å²) in [6.07, 6.45) is 0.713. The lowest BCUT2D eigenvalue weighted by molar-refractivity contribution is -0.130. The zero-order valence-corrected chi connectivity index (χ0v) is 18.2. The summed E-state index contributed by atoms with van der Waals surface area (Å²) in [7, 11) is 1.81. The molecule has 2 aromatic carbocycles. The zero-order valence-electron chi connectivity index (χ0n) is 17.5. The number of carbonyl (C=O) groups excluding carboxylic acids is 1. The average molecular weight is 441 g/mol. The Kier molecular flexibility index (Phi) is 6.84. The summed E-state index contributed by atoms with van der Waals surface area (Å²) >= 11 is 5.91. The van der Waals surface area contributed by atoms with Gasteiger partial charge < -0.3 is 19.1 Å². The molecule has 0 N–H and O–H groups in total. The van der Waals surface area contributed by atoms with Crippen LogP contribution in [0, 0.1) is 0 Å². The van der Waals surface area contributed by atoms with Crippen LogP contribution in [0.5, 0.6) is 0 Å². The summed E-state index contributed by atoms with van der Waals surface area (Å²) in [6.45, 7) is 3.91. The minimum atomic E-state index is 0.0310. The Labute approximate surface area is 186 Å². The Morgan fingerprint density at radius 2 is 1.81 bits per heavy atom. The quantitative estimate of drug-likeness (QED) is 0.556. The fourth-order valence-corrected chi connectivity index (χ4v) is 3.60. The number of hydrogen-bond donors (Lipinski definition) is 0. The van der Waals surface area contributed by atoms with Crippen molar-refractivity contribution in [3.05, 3.63) is 65.0 Å². The maximum Gasteiger partial charge on any atom is 0.227 e. The van der Waals surface area contributed by atoms with Crippen LogP contribution in [0.1, 0.15) is 17.9 Å². The Bertz CT molecular complexity index is 998. The number of anilines is 1. The monoisotopic (exact) mass is 440 g/mol. The highest BCUT2D eigenvalue weighted by Crippen LogP contribution is 2.20. The molecular weight excluding hydrogens is 416 g/mol. The van der Waals surface area contributed by atoms with E-state index in [0.717, 1.165) is 37.4 Å². The summed E-state index contributed by atoms with van der Waals surface area (Å²) in [4.78, 5) is 21.0. The van der Waals surface area contributed by atoms with E-state index < -0.39 is 0 Å². The molecule has 1 saturated heterocycles. The van der Waals surface area contributed by atoms with E-state index in [-0.39, 0.29) is 5.91 Å². The summed E-state index contributed by atoms with van der Waals surface area (Å²) < 4.78 is 10.7. The average Bonchev–Trinajstić information content (AvgIpc) is 3.28. The van der Waals surface area contributed by atoms with Crippen molar-refractivity contribution in [3.8, 4) is 11.4 Å². The smallest absolute Gasteiger partial charge is 0.227 e. The molecule has 3 aromatic rings. The van der Waals surface area contributed by atoms with Gasteiger partial charge in [0.25, 0.3) is 0 Å². The first-order valence-corrected chi connectivity index (χ1v) is 10.7. The molecule has 31 heavy (non-hydrogen) atoms. The largest absolute Gasteiger partial charge is 0.378 e. The topological polar surface area (TPSA) is 71.7 Å². The molecule has 2 heterocycles. The number of nitrogens with zero attached hydrogens (tertiary/aromatic N) is 4. The first-order valence-electron chi connectivity index (χ1n) is 10.3. The maximum atomic E-state index is 12.5. The summed E-state index contributed by atoms with van der Waals surface area (Å²) in [5.41, 5.74) is 3.10. The van der Waals surface area contributed by atoms with Gasteiger partial charge in [-0.3, -0.25) is 4.79 Å². The minimum absolute atomic E-state index is 0.0310. The van der Waals surface area contributed by atoms with Gasteiger partial charge in [0.2, 0.25) is 17.6 Å². The van der Waals surface area contributed by atoms with E-state index in [2.05, 4.69) is 39.3 Å². The number of ether oxygens (including phenoxy) is 1. The molecule has 0 spiro atoms. The first kappa shape index (κ1) is 21.3. The lowest BCUT2D eigenvalue weighted by Gasteiger charge is -2.29. The first-order chi connectivity index (χ1) is 15.1. The van der Waals surface area contributed by atoms with Crippen molar-refractivity contribution in [1.29, 1.82) is 0 Å². The SMILES string of the molecule is CN(Cc1ccc(N2CCOCC2)cc1)C(=O)CCc1nc(-c2ccc(Cl)cc2)no1. The van der Waals surface area contributed by atoms with Gasteiger partial charge in [-0.25, -0.2) is 0 Å². The maximum absolute atomic E-state index is 12.5. The van der Waals surface area contributed by atoms with E-state index in [1.807, 2.05) is 19.2 Å². The Balaban J connectivity index is 1.27. The number of benzene rings is 2. The van der Waals surface area contributed by atoms with Gasteiger partial charge >= 0.3 is 0 Å². The van der Waals surface area contributed by atoms with Crippen LogP contribution in [0.3, 0.4) is 0 Å². The summed E-state index contributed by atoms with van der Waals surface area (Å²) in [5.74, 6) is 0.970. The third-order valence-corrected chi connectivity index (χ3v) is 5.53. The van der Waals surface area contributed by atoms with E-state index in [1.165, 1.54) is 5.69 Å². The van der Waals surface area contributed by atoms with Crippen molar-refractivity contribution in [2.45, 2.75) is 19.4 Å². The molecular formula is C23H25ClN4O3. The summed E-state index contributed by atoms with van der Waals surface area (Å²) in [6, 6.07) is 15.6. The molecule has 0 aliphatic carbocycles. The number of halogens is 1. The molecule has 1 aliphatic heterocycles. The fraction of sp³-hybridized carbons (Fsp3) is 0.348. The second-order valence-electron chi connectivity index (χ2n) is 7.53. The normalized spacial score (nSPS) is 13.9. The standard InChI is InChI=1S/C23H25ClN4O3/c1-27(16-17-2-8-20(9-3-17)28-12-14-30-15-13-28)22(29)11-10-21-25-23(26-31-21)18-4-6-19(24)7-5-18/h2-9H,10-16H2,1H3. The number of rotatable bonds is 7. The van der Waals surface area contributed by atoms with Gasteiger partial charge in [0, 0.05) is 55.8 Å². The molecule has 8 heteroatoms. The number of morpholine rings is 1. The Morgan fingerprint density at radius 3 is 2.52 bits per heavy atom. The third-order valence-electron chi connectivity index (χ3n) is 5.28. The molecule has 0 bridgehead atoms. The fourth-order valence-electron chi connectivity index (χ4n) is 3.47. The van der Waals surface area contributed by atoms with Crippen molar-refractivity contribution in [2.24, 2.45) is 0 Å². The molecule has 4 rings (SSSR count). The van der Waals surface area contributed by atoms with Crippen molar-refractivity contribution < 1.29 is 14.1 Å².